The maximum atomic E-state index is 13.1. The number of para-hydroxylation sites is 1. The summed E-state index contributed by atoms with van der Waals surface area (Å²) in [6.45, 7) is 6.64. The van der Waals surface area contributed by atoms with Gasteiger partial charge in [0.25, 0.3) is 11.7 Å². The van der Waals surface area contributed by atoms with Gasteiger partial charge in [-0.05, 0) is 43.7 Å². The number of carbonyl (C=O) groups excluding carboxylic acids is 2. The molecule has 0 spiro atoms. The van der Waals surface area contributed by atoms with E-state index in [2.05, 4.69) is 15.3 Å². The topological polar surface area (TPSA) is 85.7 Å². The van der Waals surface area contributed by atoms with Gasteiger partial charge in [-0.1, -0.05) is 30.3 Å². The molecular formula is C26H30N4O4. The Morgan fingerprint density at radius 2 is 1.74 bits per heavy atom. The molecule has 0 radical (unpaired) electrons. The van der Waals surface area contributed by atoms with Gasteiger partial charge in [0.2, 0.25) is 0 Å². The van der Waals surface area contributed by atoms with E-state index in [1.165, 1.54) is 0 Å². The van der Waals surface area contributed by atoms with Crippen LogP contribution in [0.4, 0.5) is 0 Å². The smallest absolute Gasteiger partial charge is 0.292 e. The van der Waals surface area contributed by atoms with Crippen LogP contribution in [0.25, 0.3) is 5.69 Å². The third-order valence-electron chi connectivity index (χ3n) is 6.17. The number of ketones is 1. The zero-order valence-corrected chi connectivity index (χ0v) is 19.8. The van der Waals surface area contributed by atoms with E-state index in [1.54, 1.807) is 25.6 Å². The normalized spacial score (nSPS) is 15.0. The minimum atomic E-state index is -0.634. The number of amides is 1. The van der Waals surface area contributed by atoms with Crippen molar-refractivity contribution in [2.75, 3.05) is 40.0 Å². The second kappa shape index (κ2) is 10.6. The van der Waals surface area contributed by atoms with Crippen molar-refractivity contribution in [3.63, 3.8) is 0 Å². The van der Waals surface area contributed by atoms with Crippen LogP contribution in [-0.2, 0) is 9.53 Å². The molecular weight excluding hydrogens is 432 g/mol. The number of ether oxygens (including phenoxy) is 2. The van der Waals surface area contributed by atoms with Crippen molar-refractivity contribution in [3.05, 3.63) is 77.1 Å². The summed E-state index contributed by atoms with van der Waals surface area (Å²) in [6, 6.07) is 17.3. The molecule has 2 heterocycles. The third kappa shape index (κ3) is 5.03. The Hall–Kier alpha value is -3.49. The minimum Gasteiger partial charge on any atom is -0.497 e. The molecule has 1 amide bonds. The highest BCUT2D eigenvalue weighted by atomic mass is 16.5. The molecule has 1 unspecified atom stereocenters. The fourth-order valence-electron chi connectivity index (χ4n) is 4.35. The lowest BCUT2D eigenvalue weighted by Gasteiger charge is -2.35. The van der Waals surface area contributed by atoms with Crippen molar-refractivity contribution < 1.29 is 19.1 Å². The van der Waals surface area contributed by atoms with Crippen LogP contribution < -0.4 is 10.1 Å². The highest BCUT2D eigenvalue weighted by molar-refractivity contribution is 6.43. The second-order valence-electron chi connectivity index (χ2n) is 8.27. The first-order valence-electron chi connectivity index (χ1n) is 11.4. The Labute approximate surface area is 199 Å². The van der Waals surface area contributed by atoms with Gasteiger partial charge in [-0.2, -0.15) is 5.10 Å². The maximum Gasteiger partial charge on any atom is 0.292 e. The lowest BCUT2D eigenvalue weighted by atomic mass is 10.0. The van der Waals surface area contributed by atoms with E-state index in [1.807, 2.05) is 54.6 Å². The number of aromatic nitrogens is 2. The zero-order valence-electron chi connectivity index (χ0n) is 19.8. The molecule has 8 nitrogen and oxygen atoms in total. The Kier molecular flexibility index (Phi) is 7.40. The van der Waals surface area contributed by atoms with Crippen LogP contribution in [-0.4, -0.2) is 66.3 Å². The van der Waals surface area contributed by atoms with Crippen LogP contribution in [0.5, 0.6) is 5.75 Å². The van der Waals surface area contributed by atoms with Gasteiger partial charge in [-0.25, -0.2) is 4.68 Å². The van der Waals surface area contributed by atoms with E-state index in [4.69, 9.17) is 9.47 Å². The SMILES string of the molecule is COc1ccc(C(CNC(=O)C(=O)c2c(C)nn(-c3ccccc3)c2C)N2CCOCC2)cc1. The molecule has 1 N–H and O–H groups in total. The molecule has 0 saturated carbocycles. The standard InChI is InChI=1S/C26H30N4O4/c1-18-24(19(2)30(28-18)21-7-5-4-6-8-21)25(31)26(32)27-17-23(29-13-15-34-16-14-29)20-9-11-22(33-3)12-10-20/h4-12,23H,13-17H2,1-3H3,(H,27,32). The molecule has 1 aromatic heterocycles. The molecule has 3 aromatic rings. The predicted octanol–water partition coefficient (Wildman–Crippen LogP) is 2.87. The van der Waals surface area contributed by atoms with E-state index in [9.17, 15) is 9.59 Å². The largest absolute Gasteiger partial charge is 0.497 e. The fourth-order valence-corrected chi connectivity index (χ4v) is 4.35. The number of hydrogen-bond acceptors (Lipinski definition) is 6. The van der Waals surface area contributed by atoms with Crippen molar-refractivity contribution in [2.45, 2.75) is 19.9 Å². The van der Waals surface area contributed by atoms with Gasteiger partial charge in [0.05, 0.1) is 49.0 Å². The highest BCUT2D eigenvalue weighted by Gasteiger charge is 2.28. The Balaban J connectivity index is 1.51. The second-order valence-corrected chi connectivity index (χ2v) is 8.27. The van der Waals surface area contributed by atoms with Crippen molar-refractivity contribution in [2.24, 2.45) is 0 Å². The molecule has 178 valence electrons. The molecule has 0 aliphatic carbocycles. The molecule has 1 aliphatic rings. The summed E-state index contributed by atoms with van der Waals surface area (Å²) in [5.41, 5.74) is 3.40. The third-order valence-corrected chi connectivity index (χ3v) is 6.17. The van der Waals surface area contributed by atoms with Gasteiger partial charge < -0.3 is 14.8 Å². The quantitative estimate of drug-likeness (QED) is 0.409. The summed E-state index contributed by atoms with van der Waals surface area (Å²) in [7, 11) is 1.63. The van der Waals surface area contributed by atoms with E-state index < -0.39 is 11.7 Å². The van der Waals surface area contributed by atoms with Gasteiger partial charge >= 0.3 is 0 Å². The minimum absolute atomic E-state index is 0.0826. The molecule has 1 atom stereocenters. The molecule has 34 heavy (non-hydrogen) atoms. The number of morpholine rings is 1. The number of carbonyl (C=O) groups is 2. The number of rotatable bonds is 8. The van der Waals surface area contributed by atoms with E-state index in [-0.39, 0.29) is 6.04 Å². The Bertz CT molecular complexity index is 1140. The average molecular weight is 463 g/mol. The number of benzene rings is 2. The van der Waals surface area contributed by atoms with Gasteiger partial charge in [0.15, 0.2) is 0 Å². The summed E-state index contributed by atoms with van der Waals surface area (Å²) in [5.74, 6) is -0.441. The summed E-state index contributed by atoms with van der Waals surface area (Å²) < 4.78 is 12.5. The highest BCUT2D eigenvalue weighted by Crippen LogP contribution is 2.24. The first-order chi connectivity index (χ1) is 16.5. The molecule has 4 rings (SSSR count). The first kappa shape index (κ1) is 23.7. The Morgan fingerprint density at radius 3 is 2.38 bits per heavy atom. The number of methoxy groups -OCH3 is 1. The van der Waals surface area contributed by atoms with Crippen LogP contribution >= 0.6 is 0 Å². The maximum absolute atomic E-state index is 13.1. The first-order valence-corrected chi connectivity index (χ1v) is 11.4. The lowest BCUT2D eigenvalue weighted by molar-refractivity contribution is -0.117. The van der Waals surface area contributed by atoms with Gasteiger partial charge in [-0.3, -0.25) is 14.5 Å². The summed E-state index contributed by atoms with van der Waals surface area (Å²) in [5, 5.41) is 7.37. The van der Waals surface area contributed by atoms with E-state index in [0.717, 1.165) is 30.1 Å². The van der Waals surface area contributed by atoms with Crippen molar-refractivity contribution >= 4 is 11.7 Å². The number of aryl methyl sites for hydroxylation is 1. The van der Waals surface area contributed by atoms with Gasteiger partial charge in [-0.15, -0.1) is 0 Å². The molecule has 2 aromatic carbocycles. The van der Waals surface area contributed by atoms with E-state index in [0.29, 0.717) is 36.7 Å². The van der Waals surface area contributed by atoms with Crippen LogP contribution in [0.15, 0.2) is 54.6 Å². The van der Waals surface area contributed by atoms with Crippen molar-refractivity contribution in [1.82, 2.24) is 20.0 Å². The molecule has 0 bridgehead atoms. The van der Waals surface area contributed by atoms with Crippen LogP contribution in [0.1, 0.15) is 33.4 Å². The summed E-state index contributed by atoms with van der Waals surface area (Å²) in [4.78, 5) is 28.3. The summed E-state index contributed by atoms with van der Waals surface area (Å²) in [6.07, 6.45) is 0. The number of nitrogens with one attached hydrogen (secondary N) is 1. The fraction of sp³-hybridized carbons (Fsp3) is 0.346. The summed E-state index contributed by atoms with van der Waals surface area (Å²) >= 11 is 0. The van der Waals surface area contributed by atoms with Crippen LogP contribution in [0.2, 0.25) is 0 Å². The van der Waals surface area contributed by atoms with Crippen LogP contribution in [0.3, 0.4) is 0 Å². The van der Waals surface area contributed by atoms with Gasteiger partial charge in [0, 0.05) is 19.6 Å². The zero-order chi connectivity index (χ0) is 24.1. The van der Waals surface area contributed by atoms with Crippen LogP contribution in [0, 0.1) is 13.8 Å². The average Bonchev–Trinajstić information content (AvgIpc) is 3.18. The number of Topliss-reactive ketones (excluding diaryl/α,β-unsaturated/α-hetero) is 1. The lowest BCUT2D eigenvalue weighted by Crippen LogP contribution is -2.45. The number of nitrogens with zero attached hydrogens (tertiary/aromatic N) is 3. The molecule has 1 fully saturated rings. The molecule has 1 aliphatic heterocycles. The number of hydrogen-bond donors (Lipinski definition) is 1. The Morgan fingerprint density at radius 1 is 1.06 bits per heavy atom. The molecule has 8 heteroatoms. The van der Waals surface area contributed by atoms with Gasteiger partial charge in [0.1, 0.15) is 5.75 Å². The monoisotopic (exact) mass is 462 g/mol. The van der Waals surface area contributed by atoms with E-state index >= 15 is 0 Å². The predicted molar refractivity (Wildman–Crippen MR) is 129 cm³/mol. The van der Waals surface area contributed by atoms with Crippen molar-refractivity contribution in [3.8, 4) is 11.4 Å². The molecule has 1 saturated heterocycles. The van der Waals surface area contributed by atoms with Crippen molar-refractivity contribution in [1.29, 1.82) is 0 Å².